The van der Waals surface area contributed by atoms with Crippen LogP contribution in [0.25, 0.3) is 0 Å². The van der Waals surface area contributed by atoms with Crippen LogP contribution in [0.2, 0.25) is 5.02 Å². The van der Waals surface area contributed by atoms with Gasteiger partial charge in [0.05, 0.1) is 6.54 Å². The van der Waals surface area contributed by atoms with E-state index in [2.05, 4.69) is 11.8 Å². The summed E-state index contributed by atoms with van der Waals surface area (Å²) in [4.78, 5) is 14.3. The van der Waals surface area contributed by atoms with Crippen molar-refractivity contribution in [2.75, 3.05) is 13.6 Å². The summed E-state index contributed by atoms with van der Waals surface area (Å²) in [6, 6.07) is 8.11. The molecule has 1 atom stereocenters. The molecule has 2 rings (SSSR count). The molecule has 1 aliphatic carbocycles. The molecular weight excluding hydrogens is 258 g/mol. The van der Waals surface area contributed by atoms with Crippen LogP contribution >= 0.6 is 11.6 Å². The fourth-order valence-corrected chi connectivity index (χ4v) is 2.88. The molecule has 1 saturated carbocycles. The number of Topliss-reactive ketones (excluding diaryl/α,β-unsaturated/α-hetero) is 1. The van der Waals surface area contributed by atoms with E-state index in [-0.39, 0.29) is 6.04 Å². The molecule has 1 aromatic rings. The van der Waals surface area contributed by atoms with E-state index in [0.717, 1.165) is 17.9 Å². The van der Waals surface area contributed by atoms with Crippen LogP contribution in [0, 0.1) is 5.92 Å². The van der Waals surface area contributed by atoms with Gasteiger partial charge in [-0.25, -0.2) is 0 Å². The van der Waals surface area contributed by atoms with E-state index in [1.807, 2.05) is 31.3 Å². The number of hydrogen-bond donors (Lipinski definition) is 0. The highest BCUT2D eigenvalue weighted by Gasteiger charge is 2.24. The Bertz CT molecular complexity index is 423. The molecule has 1 unspecified atom stereocenters. The van der Waals surface area contributed by atoms with Crippen molar-refractivity contribution in [1.29, 1.82) is 0 Å². The standard InChI is InChI=1S/C16H22ClNO/c1-12(13-7-9-15(17)10-8-13)18(2)11-16(19)14-5-3-4-6-14/h7-10,12,14H,3-6,11H2,1-2H3. The van der Waals surface area contributed by atoms with Crippen molar-refractivity contribution < 1.29 is 4.79 Å². The molecule has 0 radical (unpaired) electrons. The van der Waals surface area contributed by atoms with Crippen molar-refractivity contribution in [3.8, 4) is 0 Å². The third kappa shape index (κ3) is 3.80. The van der Waals surface area contributed by atoms with E-state index in [1.54, 1.807) is 0 Å². The van der Waals surface area contributed by atoms with Crippen molar-refractivity contribution in [2.45, 2.75) is 38.6 Å². The average molecular weight is 280 g/mol. The molecule has 0 amide bonds. The second kappa shape index (κ2) is 6.53. The SMILES string of the molecule is CC(c1ccc(Cl)cc1)N(C)CC(=O)C1CCCC1. The van der Waals surface area contributed by atoms with Crippen LogP contribution in [-0.4, -0.2) is 24.3 Å². The van der Waals surface area contributed by atoms with Crippen molar-refractivity contribution >= 4 is 17.4 Å². The number of likely N-dealkylation sites (N-methyl/N-ethyl adjacent to an activating group) is 1. The lowest BCUT2D eigenvalue weighted by Crippen LogP contribution is -2.31. The number of carbonyl (C=O) groups is 1. The van der Waals surface area contributed by atoms with Crippen molar-refractivity contribution in [1.82, 2.24) is 4.90 Å². The maximum absolute atomic E-state index is 12.2. The smallest absolute Gasteiger partial charge is 0.149 e. The highest BCUT2D eigenvalue weighted by Crippen LogP contribution is 2.27. The average Bonchev–Trinajstić information content (AvgIpc) is 2.92. The largest absolute Gasteiger partial charge is 0.298 e. The maximum atomic E-state index is 12.2. The minimum absolute atomic E-state index is 0.239. The van der Waals surface area contributed by atoms with Gasteiger partial charge >= 0.3 is 0 Å². The van der Waals surface area contributed by atoms with Gasteiger partial charge in [0.15, 0.2) is 0 Å². The molecule has 1 aliphatic rings. The zero-order valence-electron chi connectivity index (χ0n) is 11.7. The first-order chi connectivity index (χ1) is 9.08. The number of hydrogen-bond acceptors (Lipinski definition) is 2. The van der Waals surface area contributed by atoms with Crippen LogP contribution in [0.4, 0.5) is 0 Å². The molecule has 0 bridgehead atoms. The van der Waals surface area contributed by atoms with Crippen molar-refractivity contribution in [3.05, 3.63) is 34.9 Å². The summed E-state index contributed by atoms with van der Waals surface area (Å²) in [7, 11) is 2.02. The number of benzene rings is 1. The molecule has 0 saturated heterocycles. The van der Waals surface area contributed by atoms with E-state index in [1.165, 1.54) is 18.4 Å². The van der Waals surface area contributed by atoms with Gasteiger partial charge in [0.2, 0.25) is 0 Å². The maximum Gasteiger partial charge on any atom is 0.149 e. The highest BCUT2D eigenvalue weighted by atomic mass is 35.5. The summed E-state index contributed by atoms with van der Waals surface area (Å²) >= 11 is 5.90. The summed E-state index contributed by atoms with van der Waals surface area (Å²) in [5.74, 6) is 0.709. The molecule has 0 N–H and O–H groups in total. The molecule has 2 nitrogen and oxygen atoms in total. The first-order valence-corrected chi connectivity index (χ1v) is 7.44. The van der Waals surface area contributed by atoms with Gasteiger partial charge in [-0.3, -0.25) is 9.69 Å². The van der Waals surface area contributed by atoms with E-state index >= 15 is 0 Å². The van der Waals surface area contributed by atoms with Crippen LogP contribution < -0.4 is 0 Å². The van der Waals surface area contributed by atoms with Gasteiger partial charge in [0.1, 0.15) is 5.78 Å². The molecule has 0 aromatic heterocycles. The van der Waals surface area contributed by atoms with E-state index < -0.39 is 0 Å². The summed E-state index contributed by atoms with van der Waals surface area (Å²) in [5.41, 5.74) is 1.20. The normalized spacial score (nSPS) is 17.9. The van der Waals surface area contributed by atoms with Crippen LogP contribution in [0.3, 0.4) is 0 Å². The predicted octanol–water partition coefficient (Wildman–Crippen LogP) is 4.09. The van der Waals surface area contributed by atoms with E-state index in [9.17, 15) is 4.79 Å². The monoisotopic (exact) mass is 279 g/mol. The minimum Gasteiger partial charge on any atom is -0.298 e. The van der Waals surface area contributed by atoms with Crippen LogP contribution in [0.1, 0.15) is 44.2 Å². The van der Waals surface area contributed by atoms with E-state index in [0.29, 0.717) is 18.2 Å². The van der Waals surface area contributed by atoms with Crippen LogP contribution in [-0.2, 0) is 4.79 Å². The summed E-state index contributed by atoms with van der Waals surface area (Å²) in [6.45, 7) is 2.68. The molecule has 0 aliphatic heterocycles. The molecule has 3 heteroatoms. The lowest BCUT2D eigenvalue weighted by Gasteiger charge is -2.25. The number of carbonyl (C=O) groups excluding carboxylic acids is 1. The Labute approximate surface area is 120 Å². The second-order valence-electron chi connectivity index (χ2n) is 5.59. The van der Waals surface area contributed by atoms with Gasteiger partial charge in [-0.05, 0) is 44.5 Å². The Morgan fingerprint density at radius 2 is 1.89 bits per heavy atom. The number of rotatable bonds is 5. The zero-order valence-corrected chi connectivity index (χ0v) is 12.5. The van der Waals surface area contributed by atoms with Crippen LogP contribution in [0.5, 0.6) is 0 Å². The number of nitrogens with zero attached hydrogens (tertiary/aromatic N) is 1. The molecular formula is C16H22ClNO. The molecule has 1 aromatic carbocycles. The van der Waals surface area contributed by atoms with Crippen molar-refractivity contribution in [2.24, 2.45) is 5.92 Å². The molecule has 0 heterocycles. The predicted molar refractivity (Wildman–Crippen MR) is 79.5 cm³/mol. The second-order valence-corrected chi connectivity index (χ2v) is 6.03. The third-order valence-corrected chi connectivity index (χ3v) is 4.48. The number of halogens is 1. The van der Waals surface area contributed by atoms with Gasteiger partial charge < -0.3 is 0 Å². The van der Waals surface area contributed by atoms with Gasteiger partial charge in [-0.2, -0.15) is 0 Å². The number of ketones is 1. The fraction of sp³-hybridized carbons (Fsp3) is 0.562. The fourth-order valence-electron chi connectivity index (χ4n) is 2.76. The summed E-state index contributed by atoms with van der Waals surface area (Å²) in [6.07, 6.45) is 4.60. The Morgan fingerprint density at radius 3 is 2.47 bits per heavy atom. The van der Waals surface area contributed by atoms with Gasteiger partial charge in [-0.1, -0.05) is 36.6 Å². The third-order valence-electron chi connectivity index (χ3n) is 4.23. The molecule has 104 valence electrons. The van der Waals surface area contributed by atoms with Gasteiger partial charge in [-0.15, -0.1) is 0 Å². The highest BCUT2D eigenvalue weighted by molar-refractivity contribution is 6.30. The molecule has 1 fully saturated rings. The Balaban J connectivity index is 1.93. The first-order valence-electron chi connectivity index (χ1n) is 7.06. The quantitative estimate of drug-likeness (QED) is 0.809. The zero-order chi connectivity index (χ0) is 13.8. The summed E-state index contributed by atoms with van der Waals surface area (Å²) in [5, 5.41) is 0.751. The lowest BCUT2D eigenvalue weighted by molar-refractivity contribution is -0.124. The Hall–Kier alpha value is -0.860. The Morgan fingerprint density at radius 1 is 1.32 bits per heavy atom. The Kier molecular flexibility index (Phi) is 5.00. The topological polar surface area (TPSA) is 20.3 Å². The van der Waals surface area contributed by atoms with Gasteiger partial charge in [0.25, 0.3) is 0 Å². The van der Waals surface area contributed by atoms with Gasteiger partial charge in [0, 0.05) is 17.0 Å². The minimum atomic E-state index is 0.239. The van der Waals surface area contributed by atoms with E-state index in [4.69, 9.17) is 11.6 Å². The van der Waals surface area contributed by atoms with Crippen molar-refractivity contribution in [3.63, 3.8) is 0 Å². The summed E-state index contributed by atoms with van der Waals surface area (Å²) < 4.78 is 0. The lowest BCUT2D eigenvalue weighted by atomic mass is 10.0. The molecule has 0 spiro atoms. The first kappa shape index (κ1) is 14.5. The molecule has 19 heavy (non-hydrogen) atoms. The van der Waals surface area contributed by atoms with Crippen LogP contribution in [0.15, 0.2) is 24.3 Å².